The summed E-state index contributed by atoms with van der Waals surface area (Å²) < 4.78 is 11.6. The van der Waals surface area contributed by atoms with Gasteiger partial charge >= 0.3 is 6.09 Å². The van der Waals surface area contributed by atoms with E-state index >= 15 is 0 Å². The number of nitrogens with zero attached hydrogens (tertiary/aromatic N) is 4. The molecule has 8 nitrogen and oxygen atoms in total. The van der Waals surface area contributed by atoms with Gasteiger partial charge < -0.3 is 23.9 Å². The lowest BCUT2D eigenvalue weighted by Crippen LogP contribution is -2.54. The molecule has 2 aliphatic heterocycles. The summed E-state index contributed by atoms with van der Waals surface area (Å²) in [5.74, 6) is 0.0656. The van der Waals surface area contributed by atoms with Gasteiger partial charge in [0.15, 0.2) is 5.58 Å². The van der Waals surface area contributed by atoms with Crippen LogP contribution in [0.15, 0.2) is 16.5 Å². The van der Waals surface area contributed by atoms with Gasteiger partial charge in [-0.25, -0.2) is 4.79 Å². The van der Waals surface area contributed by atoms with E-state index in [1.54, 1.807) is 21.9 Å². The predicted molar refractivity (Wildman–Crippen MR) is 115 cm³/mol. The van der Waals surface area contributed by atoms with Crippen molar-refractivity contribution in [2.75, 3.05) is 36.0 Å². The second-order valence-corrected chi connectivity index (χ2v) is 9.32. The quantitative estimate of drug-likeness (QED) is 0.709. The van der Waals surface area contributed by atoms with Crippen LogP contribution in [0.2, 0.25) is 5.02 Å². The molecule has 2 amide bonds. The zero-order chi connectivity index (χ0) is 21.6. The Morgan fingerprint density at radius 1 is 1.27 bits per heavy atom. The highest BCUT2D eigenvalue weighted by molar-refractivity contribution is 6.32. The van der Waals surface area contributed by atoms with E-state index in [1.807, 2.05) is 32.6 Å². The molecule has 1 atom stereocenters. The van der Waals surface area contributed by atoms with Gasteiger partial charge in [0.05, 0.1) is 5.69 Å². The topological polar surface area (TPSA) is 79.1 Å². The number of piperazine rings is 1. The van der Waals surface area contributed by atoms with Crippen molar-refractivity contribution in [2.24, 2.45) is 0 Å². The van der Waals surface area contributed by atoms with Crippen LogP contribution in [0.1, 0.15) is 40.5 Å². The second kappa shape index (κ2) is 7.65. The van der Waals surface area contributed by atoms with E-state index < -0.39 is 5.60 Å². The molecule has 1 aromatic carbocycles. The lowest BCUT2D eigenvalue weighted by Gasteiger charge is -2.39. The summed E-state index contributed by atoms with van der Waals surface area (Å²) in [5, 5.41) is 0.514. The summed E-state index contributed by atoms with van der Waals surface area (Å²) in [6.45, 7) is 9.82. The van der Waals surface area contributed by atoms with Gasteiger partial charge in [-0.2, -0.15) is 4.98 Å². The molecule has 2 aliphatic rings. The van der Waals surface area contributed by atoms with Crippen LogP contribution in [0.5, 0.6) is 0 Å². The highest BCUT2D eigenvalue weighted by Gasteiger charge is 2.33. The molecular formula is C21H27ClN4O4. The first-order chi connectivity index (χ1) is 14.1. The van der Waals surface area contributed by atoms with Gasteiger partial charge in [-0.3, -0.25) is 4.79 Å². The Kier molecular flexibility index (Phi) is 5.30. The number of oxazole rings is 1. The maximum atomic E-state index is 12.4. The number of benzene rings is 1. The van der Waals surface area contributed by atoms with Crippen molar-refractivity contribution in [3.8, 4) is 0 Å². The van der Waals surface area contributed by atoms with Gasteiger partial charge in [0.1, 0.15) is 11.1 Å². The van der Waals surface area contributed by atoms with Gasteiger partial charge in [-0.15, -0.1) is 0 Å². The fourth-order valence-electron chi connectivity index (χ4n) is 3.93. The lowest BCUT2D eigenvalue weighted by atomic mass is 10.2. The molecule has 2 aromatic rings. The Morgan fingerprint density at radius 3 is 2.67 bits per heavy atom. The third-order valence-electron chi connectivity index (χ3n) is 5.31. The van der Waals surface area contributed by atoms with E-state index in [0.29, 0.717) is 60.4 Å². The molecule has 0 saturated carbocycles. The fourth-order valence-corrected chi connectivity index (χ4v) is 4.14. The van der Waals surface area contributed by atoms with Gasteiger partial charge in [-0.05, 0) is 46.2 Å². The Labute approximate surface area is 180 Å². The Balaban J connectivity index is 1.57. The third kappa shape index (κ3) is 4.05. The highest BCUT2D eigenvalue weighted by Crippen LogP contribution is 2.36. The molecule has 0 aliphatic carbocycles. The number of anilines is 2. The van der Waals surface area contributed by atoms with Crippen molar-refractivity contribution in [3.63, 3.8) is 0 Å². The standard InChI is InChI=1S/C21H27ClN4O4/c1-13-12-24(20(28)30-21(2,3)4)8-9-25(13)19-23-15-10-14(22)11-16(18(15)29-19)26-7-5-6-17(26)27/h10-11,13H,5-9,12H2,1-4H3/t13-/m0/s1. The molecule has 162 valence electrons. The van der Waals surface area contributed by atoms with Crippen LogP contribution in [0.4, 0.5) is 16.5 Å². The van der Waals surface area contributed by atoms with Gasteiger partial charge in [0.2, 0.25) is 5.91 Å². The number of hydrogen-bond donors (Lipinski definition) is 0. The highest BCUT2D eigenvalue weighted by atomic mass is 35.5. The molecule has 2 saturated heterocycles. The van der Waals surface area contributed by atoms with Crippen LogP contribution in [0.25, 0.3) is 11.1 Å². The summed E-state index contributed by atoms with van der Waals surface area (Å²) in [5.41, 5.74) is 1.32. The molecular weight excluding hydrogens is 408 g/mol. The molecule has 4 rings (SSSR count). The Hall–Kier alpha value is -2.48. The molecule has 2 fully saturated rings. The van der Waals surface area contributed by atoms with Crippen molar-refractivity contribution >= 4 is 46.4 Å². The molecule has 0 unspecified atom stereocenters. The van der Waals surface area contributed by atoms with Crippen molar-refractivity contribution in [1.29, 1.82) is 0 Å². The molecule has 3 heterocycles. The Bertz CT molecular complexity index is 983. The van der Waals surface area contributed by atoms with Crippen molar-refractivity contribution in [2.45, 2.75) is 52.2 Å². The third-order valence-corrected chi connectivity index (χ3v) is 5.53. The van der Waals surface area contributed by atoms with E-state index in [-0.39, 0.29) is 18.0 Å². The largest absolute Gasteiger partial charge is 0.444 e. The van der Waals surface area contributed by atoms with E-state index in [4.69, 9.17) is 20.8 Å². The zero-order valence-corrected chi connectivity index (χ0v) is 18.5. The number of ether oxygens (including phenoxy) is 1. The predicted octanol–water partition coefficient (Wildman–Crippen LogP) is 4.05. The molecule has 0 radical (unpaired) electrons. The van der Waals surface area contributed by atoms with Gasteiger partial charge in [-0.1, -0.05) is 11.6 Å². The number of hydrogen-bond acceptors (Lipinski definition) is 6. The normalized spacial score (nSPS) is 20.4. The Morgan fingerprint density at radius 2 is 2.03 bits per heavy atom. The fraction of sp³-hybridized carbons (Fsp3) is 0.571. The number of halogens is 1. The van der Waals surface area contributed by atoms with Crippen molar-refractivity contribution < 1.29 is 18.7 Å². The summed E-state index contributed by atoms with van der Waals surface area (Å²) in [6.07, 6.45) is 1.03. The van der Waals surface area contributed by atoms with Crippen molar-refractivity contribution in [1.82, 2.24) is 9.88 Å². The van der Waals surface area contributed by atoms with E-state index in [1.165, 1.54) is 0 Å². The summed E-state index contributed by atoms with van der Waals surface area (Å²) in [6, 6.07) is 3.96. The van der Waals surface area contributed by atoms with Crippen molar-refractivity contribution in [3.05, 3.63) is 17.2 Å². The minimum Gasteiger partial charge on any atom is -0.444 e. The van der Waals surface area contributed by atoms with E-state index in [2.05, 4.69) is 4.98 Å². The maximum absolute atomic E-state index is 12.4. The van der Waals surface area contributed by atoms with E-state index in [0.717, 1.165) is 6.42 Å². The van der Waals surface area contributed by atoms with Crippen LogP contribution in [0.3, 0.4) is 0 Å². The van der Waals surface area contributed by atoms with Crippen LogP contribution < -0.4 is 9.80 Å². The first-order valence-electron chi connectivity index (χ1n) is 10.3. The van der Waals surface area contributed by atoms with Crippen LogP contribution in [-0.2, 0) is 9.53 Å². The first kappa shape index (κ1) is 20.8. The first-order valence-corrected chi connectivity index (χ1v) is 10.7. The minimum atomic E-state index is -0.527. The lowest BCUT2D eigenvalue weighted by molar-refractivity contribution is -0.117. The zero-order valence-electron chi connectivity index (χ0n) is 17.8. The van der Waals surface area contributed by atoms with Crippen LogP contribution >= 0.6 is 11.6 Å². The van der Waals surface area contributed by atoms with Gasteiger partial charge in [0.25, 0.3) is 6.01 Å². The monoisotopic (exact) mass is 434 g/mol. The minimum absolute atomic E-state index is 0.00771. The number of rotatable bonds is 2. The SMILES string of the molecule is C[C@H]1CN(C(=O)OC(C)(C)C)CCN1c1nc2cc(Cl)cc(N3CCCC3=O)c2o1. The summed E-state index contributed by atoms with van der Waals surface area (Å²) in [4.78, 5) is 34.7. The molecule has 30 heavy (non-hydrogen) atoms. The molecule has 1 aromatic heterocycles. The van der Waals surface area contributed by atoms with E-state index in [9.17, 15) is 9.59 Å². The smallest absolute Gasteiger partial charge is 0.410 e. The number of carbonyl (C=O) groups is 2. The second-order valence-electron chi connectivity index (χ2n) is 8.89. The maximum Gasteiger partial charge on any atom is 0.410 e. The molecule has 0 bridgehead atoms. The summed E-state index contributed by atoms with van der Waals surface area (Å²) in [7, 11) is 0. The molecule has 9 heteroatoms. The molecule has 0 spiro atoms. The molecule has 0 N–H and O–H groups in total. The number of carbonyl (C=O) groups excluding carboxylic acids is 2. The summed E-state index contributed by atoms with van der Waals surface area (Å²) >= 11 is 6.29. The number of aromatic nitrogens is 1. The number of amides is 2. The average Bonchev–Trinajstić information content (AvgIpc) is 3.25. The number of fused-ring (bicyclic) bond motifs is 1. The van der Waals surface area contributed by atoms with Gasteiger partial charge in [0, 0.05) is 43.7 Å². The van der Waals surface area contributed by atoms with Crippen LogP contribution in [0, 0.1) is 0 Å². The van der Waals surface area contributed by atoms with Crippen LogP contribution in [-0.4, -0.2) is 59.7 Å². The average molecular weight is 435 g/mol.